The predicted octanol–water partition coefficient (Wildman–Crippen LogP) is 4.71. The lowest BCUT2D eigenvalue weighted by atomic mass is 10.0. The van der Waals surface area contributed by atoms with Crippen molar-refractivity contribution in [1.29, 1.82) is 0 Å². The average molecular weight is 363 g/mol. The normalized spacial score (nSPS) is 13.7. The smallest absolute Gasteiger partial charge is 0.145 e. The molecule has 24 heavy (non-hydrogen) atoms. The molecule has 0 radical (unpaired) electrons. The van der Waals surface area contributed by atoms with Crippen LogP contribution in [0.4, 0.5) is 5.69 Å². The molecule has 3 nitrogen and oxygen atoms in total. The van der Waals surface area contributed by atoms with E-state index in [0.717, 1.165) is 16.8 Å². The fourth-order valence-corrected chi connectivity index (χ4v) is 2.98. The van der Waals surface area contributed by atoms with Crippen molar-refractivity contribution < 1.29 is 4.21 Å². The molecule has 0 spiro atoms. The first-order valence-electron chi connectivity index (χ1n) is 7.73. The third-order valence-electron chi connectivity index (χ3n) is 3.44. The Labute approximate surface area is 152 Å². The second kappa shape index (κ2) is 7.49. The summed E-state index contributed by atoms with van der Waals surface area (Å²) in [5.74, 6) is 0. The van der Waals surface area contributed by atoms with E-state index >= 15 is 0 Å². The number of nitrogens with zero attached hydrogens (tertiary/aromatic N) is 2. The summed E-state index contributed by atoms with van der Waals surface area (Å²) in [5, 5.41) is 0.626. The van der Waals surface area contributed by atoms with Crippen LogP contribution in [0.1, 0.15) is 31.9 Å². The average Bonchev–Trinajstić information content (AvgIpc) is 2.51. The van der Waals surface area contributed by atoms with E-state index < -0.39 is 15.7 Å². The van der Waals surface area contributed by atoms with Gasteiger partial charge in [0.2, 0.25) is 0 Å². The predicted molar refractivity (Wildman–Crippen MR) is 106 cm³/mol. The standard InChI is InChI=1S/C19H23ClN2OS/c1-19(2,3)24(23)21-18(14-9-7-6-8-10-14)16-13-15(20)11-12-17(16)22(4)5/h6-13H,1-5H3/b21-18-/t24-/m1/s1. The number of hydrogen-bond donors (Lipinski definition) is 0. The lowest BCUT2D eigenvalue weighted by Crippen LogP contribution is -2.22. The van der Waals surface area contributed by atoms with Crippen LogP contribution in [0.2, 0.25) is 5.02 Å². The zero-order chi connectivity index (χ0) is 17.9. The van der Waals surface area contributed by atoms with Crippen molar-refractivity contribution in [1.82, 2.24) is 0 Å². The van der Waals surface area contributed by atoms with Gasteiger partial charge in [-0.3, -0.25) is 0 Å². The monoisotopic (exact) mass is 362 g/mol. The quantitative estimate of drug-likeness (QED) is 0.738. The molecule has 128 valence electrons. The van der Waals surface area contributed by atoms with Gasteiger partial charge in [-0.15, -0.1) is 0 Å². The molecule has 2 aromatic rings. The van der Waals surface area contributed by atoms with Gasteiger partial charge in [0.05, 0.1) is 10.5 Å². The first kappa shape index (κ1) is 18.7. The summed E-state index contributed by atoms with van der Waals surface area (Å²) in [6.07, 6.45) is 0. The third kappa shape index (κ3) is 4.46. The minimum atomic E-state index is -1.37. The van der Waals surface area contributed by atoms with Crippen molar-refractivity contribution in [3.8, 4) is 0 Å². The van der Waals surface area contributed by atoms with Crippen LogP contribution < -0.4 is 4.90 Å². The van der Waals surface area contributed by atoms with Gasteiger partial charge in [0, 0.05) is 35.9 Å². The van der Waals surface area contributed by atoms with Gasteiger partial charge in [0.15, 0.2) is 0 Å². The minimum absolute atomic E-state index is 0.434. The molecule has 0 saturated heterocycles. The number of benzene rings is 2. The number of hydrogen-bond acceptors (Lipinski definition) is 2. The molecular weight excluding hydrogens is 340 g/mol. The highest BCUT2D eigenvalue weighted by Crippen LogP contribution is 2.27. The first-order valence-corrected chi connectivity index (χ1v) is 9.22. The summed E-state index contributed by atoms with van der Waals surface area (Å²) in [6, 6.07) is 15.5. The Bertz CT molecular complexity index is 765. The van der Waals surface area contributed by atoms with E-state index in [9.17, 15) is 4.21 Å². The highest BCUT2D eigenvalue weighted by atomic mass is 35.5. The van der Waals surface area contributed by atoms with Crippen molar-refractivity contribution in [3.63, 3.8) is 0 Å². The molecule has 0 bridgehead atoms. The summed E-state index contributed by atoms with van der Waals surface area (Å²) in [5.41, 5.74) is 3.46. The van der Waals surface area contributed by atoms with Crippen LogP contribution in [0.25, 0.3) is 0 Å². The lowest BCUT2D eigenvalue weighted by molar-refractivity contribution is 0.650. The van der Waals surface area contributed by atoms with Gasteiger partial charge < -0.3 is 4.90 Å². The van der Waals surface area contributed by atoms with Crippen molar-refractivity contribution in [2.24, 2.45) is 4.40 Å². The van der Waals surface area contributed by atoms with E-state index in [4.69, 9.17) is 11.6 Å². The third-order valence-corrected chi connectivity index (χ3v) is 5.07. The van der Waals surface area contributed by atoms with Gasteiger partial charge in [0.1, 0.15) is 11.0 Å². The van der Waals surface area contributed by atoms with E-state index in [1.165, 1.54) is 0 Å². The minimum Gasteiger partial charge on any atom is -0.377 e. The van der Waals surface area contributed by atoms with Gasteiger partial charge in [-0.1, -0.05) is 41.9 Å². The molecule has 0 aromatic heterocycles. The maximum absolute atomic E-state index is 12.7. The molecule has 0 N–H and O–H groups in total. The van der Waals surface area contributed by atoms with Crippen LogP contribution in [0.3, 0.4) is 0 Å². The first-order chi connectivity index (χ1) is 11.2. The Morgan fingerprint density at radius 2 is 1.71 bits per heavy atom. The van der Waals surface area contributed by atoms with Crippen LogP contribution >= 0.6 is 11.6 Å². The van der Waals surface area contributed by atoms with Crippen molar-refractivity contribution >= 4 is 34.0 Å². The number of halogens is 1. The molecule has 0 aliphatic rings. The maximum Gasteiger partial charge on any atom is 0.145 e. The van der Waals surface area contributed by atoms with Gasteiger partial charge >= 0.3 is 0 Å². The maximum atomic E-state index is 12.7. The molecular formula is C19H23ClN2OS. The molecule has 2 rings (SSSR count). The molecule has 0 saturated carbocycles. The number of rotatable bonds is 4. The Morgan fingerprint density at radius 1 is 1.08 bits per heavy atom. The summed E-state index contributed by atoms with van der Waals surface area (Å²) in [7, 11) is 2.57. The van der Waals surface area contributed by atoms with E-state index in [1.54, 1.807) is 0 Å². The SMILES string of the molecule is CN(C)c1ccc(Cl)cc1/C(=N\[S@](=O)C(C)(C)C)c1ccccc1. The van der Waals surface area contributed by atoms with E-state index in [-0.39, 0.29) is 0 Å². The van der Waals surface area contributed by atoms with E-state index in [1.807, 2.05) is 88.3 Å². The Kier molecular flexibility index (Phi) is 5.83. The molecule has 0 fully saturated rings. The molecule has 0 unspecified atom stereocenters. The molecule has 1 atom stereocenters. The van der Waals surface area contributed by atoms with Gasteiger partial charge in [0.25, 0.3) is 0 Å². The molecule has 0 heterocycles. The Balaban J connectivity index is 2.71. The summed E-state index contributed by atoms with van der Waals surface area (Å²) in [4.78, 5) is 2.00. The second-order valence-corrected chi connectivity index (χ2v) is 9.07. The van der Waals surface area contributed by atoms with Crippen LogP contribution in [0.15, 0.2) is 52.9 Å². The zero-order valence-electron chi connectivity index (χ0n) is 14.7. The van der Waals surface area contributed by atoms with Gasteiger partial charge in [-0.05, 0) is 39.0 Å². The molecule has 0 aliphatic heterocycles. The Morgan fingerprint density at radius 3 is 2.25 bits per heavy atom. The molecule has 0 aliphatic carbocycles. The highest BCUT2D eigenvalue weighted by Gasteiger charge is 2.22. The summed E-state index contributed by atoms with van der Waals surface area (Å²) < 4.78 is 16.8. The van der Waals surface area contributed by atoms with Crippen LogP contribution in [0.5, 0.6) is 0 Å². The second-order valence-electron chi connectivity index (χ2n) is 6.72. The summed E-state index contributed by atoms with van der Waals surface area (Å²) in [6.45, 7) is 5.75. The Hall–Kier alpha value is -1.65. The topological polar surface area (TPSA) is 32.7 Å². The largest absolute Gasteiger partial charge is 0.377 e. The van der Waals surface area contributed by atoms with Crippen molar-refractivity contribution in [3.05, 3.63) is 64.7 Å². The van der Waals surface area contributed by atoms with E-state index in [2.05, 4.69) is 4.40 Å². The summed E-state index contributed by atoms with van der Waals surface area (Å²) >= 11 is 6.23. The van der Waals surface area contributed by atoms with E-state index in [0.29, 0.717) is 10.7 Å². The van der Waals surface area contributed by atoms with Crippen molar-refractivity contribution in [2.75, 3.05) is 19.0 Å². The van der Waals surface area contributed by atoms with Crippen molar-refractivity contribution in [2.45, 2.75) is 25.5 Å². The fourth-order valence-electron chi connectivity index (χ4n) is 2.16. The lowest BCUT2D eigenvalue weighted by Gasteiger charge is -2.20. The zero-order valence-corrected chi connectivity index (χ0v) is 16.3. The van der Waals surface area contributed by atoms with Gasteiger partial charge in [-0.2, -0.15) is 4.40 Å². The van der Waals surface area contributed by atoms with Gasteiger partial charge in [-0.25, -0.2) is 4.21 Å². The van der Waals surface area contributed by atoms with Crippen LogP contribution in [0, 0.1) is 0 Å². The molecule has 5 heteroatoms. The molecule has 2 aromatic carbocycles. The highest BCUT2D eigenvalue weighted by molar-refractivity contribution is 7.85. The molecule has 0 amide bonds. The van der Waals surface area contributed by atoms with Crippen LogP contribution in [-0.2, 0) is 11.0 Å². The fraction of sp³-hybridized carbons (Fsp3) is 0.316. The number of anilines is 1. The van der Waals surface area contributed by atoms with Crippen LogP contribution in [-0.4, -0.2) is 28.8 Å².